The third-order valence-corrected chi connectivity index (χ3v) is 4.83. The molecule has 1 heterocycles. The molecule has 0 bridgehead atoms. The zero-order valence-electron chi connectivity index (χ0n) is 13.0. The van der Waals surface area contributed by atoms with Crippen LogP contribution in [0, 0.1) is 10.1 Å². The van der Waals surface area contributed by atoms with Crippen LogP contribution in [-0.2, 0) is 11.2 Å². The molecule has 0 spiro atoms. The molecule has 0 radical (unpaired) electrons. The third kappa shape index (κ3) is 3.48. The van der Waals surface area contributed by atoms with Gasteiger partial charge in [-0.25, -0.2) is 0 Å². The highest BCUT2D eigenvalue weighted by atomic mass is 79.9. The largest absolute Gasteiger partial charge is 0.335 e. The minimum Gasteiger partial charge on any atom is -0.335 e. The number of para-hydroxylation sites is 1. The van der Waals surface area contributed by atoms with Crippen LogP contribution in [0.15, 0.2) is 53.0 Å². The van der Waals surface area contributed by atoms with Gasteiger partial charge >= 0.3 is 0 Å². The van der Waals surface area contributed by atoms with Crippen molar-refractivity contribution in [3.05, 3.63) is 74.2 Å². The van der Waals surface area contributed by atoms with Crippen LogP contribution < -0.4 is 0 Å². The number of hydrogen-bond acceptors (Lipinski definition) is 3. The number of carbonyl (C=O) groups is 1. The Bertz CT molecular complexity index is 778. The average Bonchev–Trinajstić information content (AvgIpc) is 3.05. The Morgan fingerprint density at radius 1 is 1.25 bits per heavy atom. The molecule has 0 aromatic heterocycles. The Morgan fingerprint density at radius 3 is 2.79 bits per heavy atom. The van der Waals surface area contributed by atoms with Crippen LogP contribution in [-0.4, -0.2) is 22.3 Å². The normalized spacial score (nSPS) is 17.0. The molecule has 124 valence electrons. The minimum absolute atomic E-state index is 0.00375. The van der Waals surface area contributed by atoms with E-state index in [-0.39, 0.29) is 24.1 Å². The summed E-state index contributed by atoms with van der Waals surface area (Å²) in [6.07, 6.45) is 1.92. The Labute approximate surface area is 148 Å². The van der Waals surface area contributed by atoms with Crippen LogP contribution in [0.3, 0.4) is 0 Å². The van der Waals surface area contributed by atoms with E-state index in [1.165, 1.54) is 6.07 Å². The molecule has 0 aliphatic carbocycles. The van der Waals surface area contributed by atoms with Crippen molar-refractivity contribution in [2.75, 3.05) is 6.54 Å². The van der Waals surface area contributed by atoms with Crippen LogP contribution in [0.2, 0.25) is 0 Å². The average molecular weight is 389 g/mol. The summed E-state index contributed by atoms with van der Waals surface area (Å²) < 4.78 is 0.984. The molecule has 2 aromatic rings. The standard InChI is InChI=1S/C18H17BrN2O3/c19-15-7-3-6-13(11-15)16-9-4-10-20(16)18(22)12-14-5-1-2-8-17(14)21(23)24/h1-3,5-8,11,16H,4,9-10,12H2/t16-/m0/s1. The fourth-order valence-electron chi connectivity index (χ4n) is 3.23. The van der Waals surface area contributed by atoms with Gasteiger partial charge in [0, 0.05) is 22.6 Å². The van der Waals surface area contributed by atoms with E-state index in [4.69, 9.17) is 0 Å². The number of halogens is 1. The monoisotopic (exact) mass is 388 g/mol. The molecule has 5 nitrogen and oxygen atoms in total. The number of rotatable bonds is 4. The van der Waals surface area contributed by atoms with Crippen molar-refractivity contribution in [3.8, 4) is 0 Å². The van der Waals surface area contributed by atoms with E-state index in [1.807, 2.05) is 29.2 Å². The van der Waals surface area contributed by atoms with Crippen LogP contribution in [0.5, 0.6) is 0 Å². The number of nitro benzene ring substituents is 1. The molecule has 24 heavy (non-hydrogen) atoms. The first-order valence-electron chi connectivity index (χ1n) is 7.83. The van der Waals surface area contributed by atoms with E-state index in [2.05, 4.69) is 15.9 Å². The van der Waals surface area contributed by atoms with Gasteiger partial charge in [0.1, 0.15) is 0 Å². The molecule has 1 aliphatic heterocycles. The van der Waals surface area contributed by atoms with Crippen LogP contribution >= 0.6 is 15.9 Å². The highest BCUT2D eigenvalue weighted by molar-refractivity contribution is 9.10. The number of benzene rings is 2. The second-order valence-corrected chi connectivity index (χ2v) is 6.78. The fourth-order valence-corrected chi connectivity index (χ4v) is 3.65. The maximum atomic E-state index is 12.7. The minimum atomic E-state index is -0.432. The summed E-state index contributed by atoms with van der Waals surface area (Å²) in [7, 11) is 0. The molecule has 0 N–H and O–H groups in total. The lowest BCUT2D eigenvalue weighted by atomic mass is 10.0. The van der Waals surface area contributed by atoms with Gasteiger partial charge in [-0.1, -0.05) is 46.3 Å². The van der Waals surface area contributed by atoms with Gasteiger partial charge in [-0.3, -0.25) is 14.9 Å². The quantitative estimate of drug-likeness (QED) is 0.580. The second kappa shape index (κ2) is 7.13. The molecule has 1 aliphatic rings. The van der Waals surface area contributed by atoms with Crippen molar-refractivity contribution in [1.82, 2.24) is 4.90 Å². The lowest BCUT2D eigenvalue weighted by Gasteiger charge is -2.25. The smallest absolute Gasteiger partial charge is 0.273 e. The highest BCUT2D eigenvalue weighted by Gasteiger charge is 2.30. The lowest BCUT2D eigenvalue weighted by molar-refractivity contribution is -0.385. The Hall–Kier alpha value is -2.21. The first-order valence-corrected chi connectivity index (χ1v) is 8.63. The van der Waals surface area contributed by atoms with Crippen molar-refractivity contribution in [1.29, 1.82) is 0 Å². The van der Waals surface area contributed by atoms with Crippen molar-refractivity contribution in [2.45, 2.75) is 25.3 Å². The fraction of sp³-hybridized carbons (Fsp3) is 0.278. The van der Waals surface area contributed by atoms with Gasteiger partial charge in [0.2, 0.25) is 5.91 Å². The van der Waals surface area contributed by atoms with Gasteiger partial charge in [0.05, 0.1) is 17.4 Å². The van der Waals surface area contributed by atoms with Gasteiger partial charge in [0.25, 0.3) is 5.69 Å². The molecule has 3 rings (SSSR count). The molecular formula is C18H17BrN2O3. The maximum absolute atomic E-state index is 12.7. The summed E-state index contributed by atoms with van der Waals surface area (Å²) in [5.74, 6) is -0.0632. The number of likely N-dealkylation sites (tertiary alicyclic amines) is 1. The van der Waals surface area contributed by atoms with E-state index in [1.54, 1.807) is 18.2 Å². The zero-order chi connectivity index (χ0) is 17.1. The van der Waals surface area contributed by atoms with Crippen molar-refractivity contribution >= 4 is 27.5 Å². The molecule has 0 saturated carbocycles. The van der Waals surface area contributed by atoms with Gasteiger partial charge in [-0.15, -0.1) is 0 Å². The Kier molecular flexibility index (Phi) is 4.94. The summed E-state index contributed by atoms with van der Waals surface area (Å²) in [6.45, 7) is 0.691. The first-order chi connectivity index (χ1) is 11.6. The molecular weight excluding hydrogens is 372 g/mol. The second-order valence-electron chi connectivity index (χ2n) is 5.86. The number of amides is 1. The molecule has 6 heteroatoms. The van der Waals surface area contributed by atoms with Gasteiger partial charge in [-0.2, -0.15) is 0 Å². The molecule has 0 unspecified atom stereocenters. The zero-order valence-corrected chi connectivity index (χ0v) is 14.6. The van der Waals surface area contributed by atoms with E-state index < -0.39 is 4.92 Å². The van der Waals surface area contributed by atoms with Gasteiger partial charge < -0.3 is 4.90 Å². The molecule has 1 atom stereocenters. The van der Waals surface area contributed by atoms with E-state index >= 15 is 0 Å². The number of nitrogens with zero attached hydrogens (tertiary/aromatic N) is 2. The van der Waals surface area contributed by atoms with E-state index in [0.717, 1.165) is 22.9 Å². The first kappa shape index (κ1) is 16.6. The molecule has 1 fully saturated rings. The van der Waals surface area contributed by atoms with Crippen molar-refractivity contribution in [2.24, 2.45) is 0 Å². The van der Waals surface area contributed by atoms with Gasteiger partial charge in [-0.05, 0) is 30.5 Å². The summed E-state index contributed by atoms with van der Waals surface area (Å²) in [5, 5.41) is 11.1. The molecule has 1 amide bonds. The summed E-state index contributed by atoms with van der Waals surface area (Å²) in [4.78, 5) is 25.3. The Morgan fingerprint density at radius 2 is 2.04 bits per heavy atom. The number of carbonyl (C=O) groups excluding carboxylic acids is 1. The predicted octanol–water partition coefficient (Wildman–Crippen LogP) is 4.26. The number of nitro groups is 1. The van der Waals surface area contributed by atoms with Crippen LogP contribution in [0.25, 0.3) is 0 Å². The highest BCUT2D eigenvalue weighted by Crippen LogP contribution is 2.34. The van der Waals surface area contributed by atoms with E-state index in [0.29, 0.717) is 12.1 Å². The molecule has 1 saturated heterocycles. The molecule has 2 aromatic carbocycles. The third-order valence-electron chi connectivity index (χ3n) is 4.34. The van der Waals surface area contributed by atoms with E-state index in [9.17, 15) is 14.9 Å². The SMILES string of the molecule is O=C(Cc1ccccc1[N+](=O)[O-])N1CCC[C@H]1c1cccc(Br)c1. The van der Waals surface area contributed by atoms with Crippen molar-refractivity contribution < 1.29 is 9.72 Å². The van der Waals surface area contributed by atoms with Gasteiger partial charge in [0.15, 0.2) is 0 Å². The maximum Gasteiger partial charge on any atom is 0.273 e. The predicted molar refractivity (Wildman–Crippen MR) is 94.6 cm³/mol. The lowest BCUT2D eigenvalue weighted by Crippen LogP contribution is -2.32. The van der Waals surface area contributed by atoms with Crippen molar-refractivity contribution in [3.63, 3.8) is 0 Å². The van der Waals surface area contributed by atoms with Crippen LogP contribution in [0.4, 0.5) is 5.69 Å². The summed E-state index contributed by atoms with van der Waals surface area (Å²) >= 11 is 3.47. The summed E-state index contributed by atoms with van der Waals surface area (Å²) in [5.41, 5.74) is 1.56. The topological polar surface area (TPSA) is 63.4 Å². The summed E-state index contributed by atoms with van der Waals surface area (Å²) in [6, 6.07) is 14.4. The number of hydrogen-bond donors (Lipinski definition) is 0. The van der Waals surface area contributed by atoms with Crippen LogP contribution in [0.1, 0.15) is 30.0 Å². The Balaban J connectivity index is 1.81.